The molecule has 2 atom stereocenters. The van der Waals surface area contributed by atoms with E-state index >= 15 is 0 Å². The number of thiocarbonyl (C=S) groups is 2. The predicted octanol–water partition coefficient (Wildman–Crippen LogP) is 25.4. The van der Waals surface area contributed by atoms with Crippen molar-refractivity contribution in [3.8, 4) is 19.8 Å². The summed E-state index contributed by atoms with van der Waals surface area (Å²) in [5.41, 5.74) is 14.1. The molecule has 0 spiro atoms. The molecule has 462 valence electrons. The quantitative estimate of drug-likeness (QED) is 0.0174. The minimum Gasteiger partial charge on any atom is -0.388 e. The van der Waals surface area contributed by atoms with Crippen molar-refractivity contribution in [3.63, 3.8) is 0 Å². The first-order chi connectivity index (χ1) is 38.6. The predicted molar refractivity (Wildman–Crippen MR) is 383 cm³/mol. The molecule has 0 amide bonds. The van der Waals surface area contributed by atoms with E-state index in [-0.39, 0.29) is 24.8 Å². The number of nitrogens with two attached hydrogens (primary N) is 2. The number of thiophene rings is 3. The number of aldehydes is 1. The third kappa shape index (κ3) is 36.4. The van der Waals surface area contributed by atoms with E-state index in [2.05, 4.69) is 107 Å². The van der Waals surface area contributed by atoms with Crippen LogP contribution in [0.25, 0.3) is 29.4 Å². The lowest BCUT2D eigenvalue weighted by Gasteiger charge is -2.17. The number of thiazole rings is 2. The highest BCUT2D eigenvalue weighted by molar-refractivity contribution is 7.89. The van der Waals surface area contributed by atoms with Gasteiger partial charge in [0.25, 0.3) is 0 Å². The highest BCUT2D eigenvalue weighted by atomic mass is 32.1. The molecule has 12 heteroatoms. The van der Waals surface area contributed by atoms with Crippen LogP contribution in [-0.4, -0.2) is 26.2 Å². The Morgan fingerprint density at radius 3 is 1.22 bits per heavy atom. The molecule has 5 aromatic rings. The van der Waals surface area contributed by atoms with Crippen LogP contribution in [0.3, 0.4) is 0 Å². The number of rotatable bonds is 43. The lowest BCUT2D eigenvalue weighted by Crippen LogP contribution is -2.26. The van der Waals surface area contributed by atoms with E-state index in [1.54, 1.807) is 34.0 Å². The summed E-state index contributed by atoms with van der Waals surface area (Å²) in [5.74, 6) is 1.57. The number of allylic oxidation sites excluding steroid dienone is 1. The van der Waals surface area contributed by atoms with Gasteiger partial charge in [0.2, 0.25) is 0 Å². The summed E-state index contributed by atoms with van der Waals surface area (Å²) in [6, 6.07) is 6.87. The fraction of sp³-hybridized carbons (Fsp3) is 0.696. The van der Waals surface area contributed by atoms with Gasteiger partial charge in [-0.1, -0.05) is 315 Å². The first kappa shape index (κ1) is 78.8. The molecule has 5 heterocycles. The highest BCUT2D eigenvalue weighted by Gasteiger charge is 2.20. The van der Waals surface area contributed by atoms with Gasteiger partial charge in [-0.25, -0.2) is 9.97 Å². The fourth-order valence-corrected chi connectivity index (χ4v) is 15.1. The first-order valence-electron chi connectivity index (χ1n) is 31.7. The fourth-order valence-electron chi connectivity index (χ4n) is 10.1. The van der Waals surface area contributed by atoms with Crippen molar-refractivity contribution in [2.24, 2.45) is 23.3 Å². The molecular weight excluding hydrogens is 1130 g/mol. The van der Waals surface area contributed by atoms with Crippen molar-refractivity contribution in [2.45, 2.75) is 300 Å². The zero-order chi connectivity index (χ0) is 57.6. The lowest BCUT2D eigenvalue weighted by molar-refractivity contribution is 0.112. The highest BCUT2D eigenvalue weighted by Crippen LogP contribution is 2.42. The Hall–Kier alpha value is -2.19. The Bertz CT molecular complexity index is 2210. The Kier molecular flexibility index (Phi) is 51.9. The molecule has 0 bridgehead atoms. The number of aromatic nitrogens is 2. The molecular formula is C69H118N4OS7. The average Bonchev–Trinajstić information content (AvgIpc) is 4.53. The normalized spacial score (nSPS) is 11.5. The molecule has 0 saturated carbocycles. The molecule has 2 unspecified atom stereocenters. The minimum absolute atomic E-state index is 0. The Labute approximate surface area is 529 Å². The second kappa shape index (κ2) is 53.3. The van der Waals surface area contributed by atoms with Crippen LogP contribution < -0.4 is 11.5 Å². The molecule has 5 nitrogen and oxygen atoms in total. The van der Waals surface area contributed by atoms with E-state index in [1.165, 1.54) is 274 Å². The maximum Gasteiger partial charge on any atom is 0.160 e. The minimum atomic E-state index is 0. The van der Waals surface area contributed by atoms with E-state index in [1.807, 2.05) is 28.7 Å². The van der Waals surface area contributed by atoms with Crippen molar-refractivity contribution in [2.75, 3.05) is 0 Å². The molecule has 0 fully saturated rings. The Balaban J connectivity index is 0.00000137. The number of aryl methyl sites for hydroxylation is 1. The number of fused-ring (bicyclic) bond motifs is 1. The molecule has 0 aliphatic carbocycles. The molecule has 0 saturated heterocycles. The van der Waals surface area contributed by atoms with Gasteiger partial charge in [-0.3, -0.25) is 4.79 Å². The van der Waals surface area contributed by atoms with Crippen LogP contribution in [0.15, 0.2) is 47.0 Å². The lowest BCUT2D eigenvalue weighted by atomic mass is 9.89. The van der Waals surface area contributed by atoms with Crippen LogP contribution in [0.5, 0.6) is 0 Å². The van der Waals surface area contributed by atoms with Gasteiger partial charge < -0.3 is 11.5 Å². The van der Waals surface area contributed by atoms with Crippen LogP contribution >= 0.6 is 81.1 Å². The number of nitrogens with zero attached hydrogens (tertiary/aromatic N) is 2. The number of hydrogen-bond donors (Lipinski definition) is 2. The van der Waals surface area contributed by atoms with Crippen LogP contribution in [0.4, 0.5) is 0 Å². The van der Waals surface area contributed by atoms with Crippen molar-refractivity contribution >= 4 is 107 Å². The standard InChI is InChI=1S/C36H54N2S4.C21H36OS.C8H16.C2H4N2S2.2CH4/c1-4-7-10-13-15-18-21-28(20-17-12-9-6-3)27-30-24-26-40-32(30)34-38-36-35(42-34)37-33(41-36)31-29(23-25-39-31)22-19-16-14-11-8-5-2;1-3-5-7-9-10-12-14-19(13-11-8-6-4-2)17-20-15-16-23-21(20)18-22;1-3-5-7-8-6-4-2;3-1(5)2(4)6;;/h23-26,28H,4-22,27H2,1-3H3;15-16,18-19H,3-14,17H2,1-2H3;3H,1,4-8H2,2H3;(H2,3,5)(H2,4,6);2*1H4. The summed E-state index contributed by atoms with van der Waals surface area (Å²) in [6.45, 7) is 17.4. The van der Waals surface area contributed by atoms with Crippen LogP contribution in [0.1, 0.15) is 307 Å². The number of carbonyl (C=O) groups is 1. The van der Waals surface area contributed by atoms with Gasteiger partial charge in [0.05, 0.1) is 14.6 Å². The zero-order valence-corrected chi connectivity index (χ0v) is 56.4. The van der Waals surface area contributed by atoms with Gasteiger partial charge in [-0.05, 0) is 101 Å². The first-order valence-corrected chi connectivity index (χ1v) is 36.8. The molecule has 4 N–H and O–H groups in total. The Morgan fingerprint density at radius 1 is 0.481 bits per heavy atom. The monoisotopic (exact) mass is 1240 g/mol. The zero-order valence-electron chi connectivity index (χ0n) is 50.7. The van der Waals surface area contributed by atoms with Gasteiger partial charge >= 0.3 is 0 Å². The number of carbonyl (C=O) groups excluding carboxylic acids is 1. The van der Waals surface area contributed by atoms with E-state index in [9.17, 15) is 4.79 Å². The van der Waals surface area contributed by atoms with E-state index in [0.29, 0.717) is 0 Å². The molecule has 0 radical (unpaired) electrons. The van der Waals surface area contributed by atoms with Crippen LogP contribution in [0.2, 0.25) is 0 Å². The largest absolute Gasteiger partial charge is 0.388 e. The molecule has 81 heavy (non-hydrogen) atoms. The molecule has 0 aliphatic rings. The second-order valence-electron chi connectivity index (χ2n) is 22.0. The summed E-state index contributed by atoms with van der Waals surface area (Å²) in [6.07, 6.45) is 54.1. The number of unbranched alkanes of at least 4 members (excludes halogenated alkanes) is 25. The van der Waals surface area contributed by atoms with Gasteiger partial charge in [0.1, 0.15) is 20.0 Å². The van der Waals surface area contributed by atoms with Crippen LogP contribution in [0, 0.1) is 11.8 Å². The van der Waals surface area contributed by atoms with E-state index in [0.717, 1.165) is 39.1 Å². The van der Waals surface area contributed by atoms with E-state index < -0.39 is 0 Å². The summed E-state index contributed by atoms with van der Waals surface area (Å²) < 4.78 is 0. The van der Waals surface area contributed by atoms with Crippen molar-refractivity contribution in [1.29, 1.82) is 0 Å². The van der Waals surface area contributed by atoms with Crippen molar-refractivity contribution in [3.05, 3.63) is 68.6 Å². The smallest absolute Gasteiger partial charge is 0.160 e. The maximum atomic E-state index is 11.1. The third-order valence-electron chi connectivity index (χ3n) is 14.9. The maximum absolute atomic E-state index is 11.1. The molecule has 5 aromatic heterocycles. The van der Waals surface area contributed by atoms with Gasteiger partial charge in [-0.2, -0.15) is 0 Å². The van der Waals surface area contributed by atoms with Crippen molar-refractivity contribution in [1.82, 2.24) is 9.97 Å². The van der Waals surface area contributed by atoms with Gasteiger partial charge in [0, 0.05) is 0 Å². The van der Waals surface area contributed by atoms with E-state index in [4.69, 9.17) is 21.4 Å². The summed E-state index contributed by atoms with van der Waals surface area (Å²) in [7, 11) is 0. The average molecular weight is 1240 g/mol. The van der Waals surface area contributed by atoms with Crippen molar-refractivity contribution < 1.29 is 4.79 Å². The summed E-state index contributed by atoms with van der Waals surface area (Å²) in [5, 5.41) is 8.96. The molecule has 0 aromatic carbocycles. The third-order valence-corrected chi connectivity index (χ3v) is 20.6. The summed E-state index contributed by atoms with van der Waals surface area (Å²) in [4.78, 5) is 27.6. The SMILES string of the molecule is C.C.C=CCCCCCC.CCCCCCCCC(CCCCCC)Cc1ccsc1C=O.CCCCCCCCc1ccsc1-c1nc2sc(-c3sccc3CC(CCCCCC)CCCCCCCC)nc2s1.NC(=S)C(N)=S. The van der Waals surface area contributed by atoms with Gasteiger partial charge in [0.15, 0.2) is 15.9 Å². The summed E-state index contributed by atoms with van der Waals surface area (Å²) >= 11 is 17.6. The molecule has 5 rings (SSSR count). The van der Waals surface area contributed by atoms with Gasteiger partial charge in [-0.15, -0.1) is 40.6 Å². The Morgan fingerprint density at radius 2 is 0.815 bits per heavy atom. The topological polar surface area (TPSA) is 94.9 Å². The second-order valence-corrected chi connectivity index (χ2v) is 27.6. The van der Waals surface area contributed by atoms with Crippen LogP contribution in [-0.2, 0) is 19.3 Å². The number of hydrogen-bond acceptors (Lipinski definition) is 10. The molecule has 0 aliphatic heterocycles.